The fourth-order valence-electron chi connectivity index (χ4n) is 1.87. The van der Waals surface area contributed by atoms with Gasteiger partial charge < -0.3 is 10.6 Å². The number of nitrogens with zero attached hydrogens (tertiary/aromatic N) is 1. The van der Waals surface area contributed by atoms with E-state index < -0.39 is 5.82 Å². The normalized spacial score (nSPS) is 10.2. The largest absolute Gasteiger partial charge is 0.329 e. The zero-order valence-corrected chi connectivity index (χ0v) is 10.4. The van der Waals surface area contributed by atoms with E-state index in [4.69, 9.17) is 5.73 Å². The number of carbonyl (C=O) groups excluding carboxylic acids is 1. The Balaban J connectivity index is 2.36. The second kappa shape index (κ2) is 6.11. The SMILES string of the molecule is NCCN(C(=O)c1ccccc1)c1ccccc1F. The number of hydrogen-bond acceptors (Lipinski definition) is 2. The monoisotopic (exact) mass is 258 g/mol. The molecule has 0 atom stereocenters. The molecule has 0 radical (unpaired) electrons. The lowest BCUT2D eigenvalue weighted by Gasteiger charge is -2.22. The third-order valence-corrected chi connectivity index (χ3v) is 2.76. The molecule has 0 aliphatic rings. The summed E-state index contributed by atoms with van der Waals surface area (Å²) in [6, 6.07) is 15.0. The molecule has 0 saturated carbocycles. The van der Waals surface area contributed by atoms with Crippen molar-refractivity contribution in [3.8, 4) is 0 Å². The van der Waals surface area contributed by atoms with Crippen LogP contribution in [0.1, 0.15) is 10.4 Å². The van der Waals surface area contributed by atoms with Crippen LogP contribution in [0.5, 0.6) is 0 Å². The number of halogens is 1. The summed E-state index contributed by atoms with van der Waals surface area (Å²) in [5, 5.41) is 0. The van der Waals surface area contributed by atoms with Crippen molar-refractivity contribution in [2.24, 2.45) is 5.73 Å². The molecule has 2 aromatic carbocycles. The Morgan fingerprint density at radius 3 is 2.32 bits per heavy atom. The van der Waals surface area contributed by atoms with Gasteiger partial charge in [0.2, 0.25) is 0 Å². The number of amides is 1. The second-order valence-corrected chi connectivity index (χ2v) is 4.06. The Labute approximate surface area is 111 Å². The summed E-state index contributed by atoms with van der Waals surface area (Å²) in [7, 11) is 0. The highest BCUT2D eigenvalue weighted by molar-refractivity contribution is 6.06. The van der Waals surface area contributed by atoms with E-state index in [2.05, 4.69) is 0 Å². The predicted octanol–water partition coefficient (Wildman–Crippen LogP) is 2.43. The quantitative estimate of drug-likeness (QED) is 0.915. The Hall–Kier alpha value is -2.20. The number of carbonyl (C=O) groups is 1. The first-order valence-electron chi connectivity index (χ1n) is 6.05. The van der Waals surface area contributed by atoms with E-state index in [1.54, 1.807) is 42.5 Å². The van der Waals surface area contributed by atoms with Crippen molar-refractivity contribution in [3.63, 3.8) is 0 Å². The average Bonchev–Trinajstić information content (AvgIpc) is 2.46. The molecule has 0 aliphatic carbocycles. The van der Waals surface area contributed by atoms with Gasteiger partial charge in [-0.15, -0.1) is 0 Å². The van der Waals surface area contributed by atoms with E-state index in [9.17, 15) is 9.18 Å². The van der Waals surface area contributed by atoms with E-state index in [0.717, 1.165) is 0 Å². The van der Waals surface area contributed by atoms with E-state index in [1.807, 2.05) is 6.07 Å². The van der Waals surface area contributed by atoms with Gasteiger partial charge in [-0.2, -0.15) is 0 Å². The molecule has 0 heterocycles. The van der Waals surface area contributed by atoms with Crippen LogP contribution in [0.15, 0.2) is 54.6 Å². The lowest BCUT2D eigenvalue weighted by Crippen LogP contribution is -2.36. The lowest BCUT2D eigenvalue weighted by molar-refractivity contribution is 0.0986. The summed E-state index contributed by atoms with van der Waals surface area (Å²) in [5.74, 6) is -0.684. The molecule has 19 heavy (non-hydrogen) atoms. The minimum atomic E-state index is -0.430. The van der Waals surface area contributed by atoms with E-state index in [0.29, 0.717) is 5.56 Å². The molecule has 0 saturated heterocycles. The van der Waals surface area contributed by atoms with Crippen LogP contribution in [-0.4, -0.2) is 19.0 Å². The summed E-state index contributed by atoms with van der Waals surface area (Å²) in [6.45, 7) is 0.543. The molecule has 98 valence electrons. The molecule has 2 aromatic rings. The maximum absolute atomic E-state index is 13.8. The van der Waals surface area contributed by atoms with Crippen molar-refractivity contribution < 1.29 is 9.18 Å². The molecule has 0 bridgehead atoms. The highest BCUT2D eigenvalue weighted by Crippen LogP contribution is 2.20. The number of para-hydroxylation sites is 1. The van der Waals surface area contributed by atoms with E-state index in [1.165, 1.54) is 11.0 Å². The minimum absolute atomic E-state index is 0.252. The molecule has 0 aromatic heterocycles. The van der Waals surface area contributed by atoms with Gasteiger partial charge in [0.05, 0.1) is 5.69 Å². The van der Waals surface area contributed by atoms with Gasteiger partial charge in [-0.05, 0) is 24.3 Å². The van der Waals surface area contributed by atoms with Crippen molar-refractivity contribution in [3.05, 3.63) is 66.0 Å². The van der Waals surface area contributed by atoms with Gasteiger partial charge >= 0.3 is 0 Å². The first-order chi connectivity index (χ1) is 9.24. The van der Waals surface area contributed by atoms with E-state index in [-0.39, 0.29) is 24.7 Å². The van der Waals surface area contributed by atoms with Gasteiger partial charge in [0, 0.05) is 18.7 Å². The molecule has 3 nitrogen and oxygen atoms in total. The van der Waals surface area contributed by atoms with Gasteiger partial charge in [-0.3, -0.25) is 4.79 Å². The first kappa shape index (κ1) is 13.2. The first-order valence-corrected chi connectivity index (χ1v) is 6.05. The standard InChI is InChI=1S/C15H15FN2O/c16-13-8-4-5-9-14(13)18(11-10-17)15(19)12-6-2-1-3-7-12/h1-9H,10-11,17H2. The third kappa shape index (κ3) is 2.98. The fourth-order valence-corrected chi connectivity index (χ4v) is 1.87. The van der Waals surface area contributed by atoms with Crippen molar-refractivity contribution in [2.45, 2.75) is 0 Å². The third-order valence-electron chi connectivity index (χ3n) is 2.76. The number of rotatable bonds is 4. The molecule has 2 N–H and O–H groups in total. The maximum Gasteiger partial charge on any atom is 0.258 e. The lowest BCUT2D eigenvalue weighted by atomic mass is 10.1. The molecule has 2 rings (SSSR count). The Kier molecular flexibility index (Phi) is 4.26. The van der Waals surface area contributed by atoms with Gasteiger partial charge in [-0.25, -0.2) is 4.39 Å². The molecular formula is C15H15FN2O. The van der Waals surface area contributed by atoms with Gasteiger partial charge in [-0.1, -0.05) is 30.3 Å². The molecule has 0 spiro atoms. The fraction of sp³-hybridized carbons (Fsp3) is 0.133. The van der Waals surface area contributed by atoms with Crippen LogP contribution in [0.3, 0.4) is 0 Å². The summed E-state index contributed by atoms with van der Waals surface area (Å²) < 4.78 is 13.8. The summed E-state index contributed by atoms with van der Waals surface area (Å²) >= 11 is 0. The van der Waals surface area contributed by atoms with Gasteiger partial charge in [0.25, 0.3) is 5.91 Å². The van der Waals surface area contributed by atoms with Crippen LogP contribution in [0.25, 0.3) is 0 Å². The van der Waals surface area contributed by atoms with Gasteiger partial charge in [0.1, 0.15) is 5.82 Å². The Bertz CT molecular complexity index is 557. The number of hydrogen-bond donors (Lipinski definition) is 1. The van der Waals surface area contributed by atoms with Crippen molar-refractivity contribution in [2.75, 3.05) is 18.0 Å². The molecule has 1 amide bonds. The smallest absolute Gasteiger partial charge is 0.258 e. The van der Waals surface area contributed by atoms with Crippen LogP contribution in [0, 0.1) is 5.82 Å². The Morgan fingerprint density at radius 1 is 1.05 bits per heavy atom. The van der Waals surface area contributed by atoms with Crippen LogP contribution in [0.4, 0.5) is 10.1 Å². The summed E-state index contributed by atoms with van der Waals surface area (Å²) in [4.78, 5) is 13.8. The zero-order valence-electron chi connectivity index (χ0n) is 10.4. The summed E-state index contributed by atoms with van der Waals surface area (Å²) in [6.07, 6.45) is 0. The molecule has 4 heteroatoms. The highest BCUT2D eigenvalue weighted by atomic mass is 19.1. The highest BCUT2D eigenvalue weighted by Gasteiger charge is 2.19. The van der Waals surface area contributed by atoms with Crippen molar-refractivity contribution in [1.29, 1.82) is 0 Å². The van der Waals surface area contributed by atoms with Crippen LogP contribution >= 0.6 is 0 Å². The van der Waals surface area contributed by atoms with Crippen LogP contribution < -0.4 is 10.6 Å². The molecule has 0 fully saturated rings. The number of benzene rings is 2. The van der Waals surface area contributed by atoms with Crippen molar-refractivity contribution in [1.82, 2.24) is 0 Å². The maximum atomic E-state index is 13.8. The molecule has 0 aliphatic heterocycles. The average molecular weight is 258 g/mol. The number of nitrogens with two attached hydrogens (primary N) is 1. The second-order valence-electron chi connectivity index (χ2n) is 4.06. The van der Waals surface area contributed by atoms with Crippen LogP contribution in [0.2, 0.25) is 0 Å². The predicted molar refractivity (Wildman–Crippen MR) is 73.6 cm³/mol. The van der Waals surface area contributed by atoms with E-state index >= 15 is 0 Å². The summed E-state index contributed by atoms with van der Waals surface area (Å²) in [5.41, 5.74) is 6.28. The van der Waals surface area contributed by atoms with Crippen molar-refractivity contribution >= 4 is 11.6 Å². The van der Waals surface area contributed by atoms with Gasteiger partial charge in [0.15, 0.2) is 0 Å². The molecular weight excluding hydrogens is 243 g/mol. The number of anilines is 1. The van der Waals surface area contributed by atoms with Crippen LogP contribution in [-0.2, 0) is 0 Å². The minimum Gasteiger partial charge on any atom is -0.329 e. The zero-order chi connectivity index (χ0) is 13.7. The topological polar surface area (TPSA) is 46.3 Å². The molecule has 0 unspecified atom stereocenters. The Morgan fingerprint density at radius 2 is 1.68 bits per heavy atom.